The van der Waals surface area contributed by atoms with Gasteiger partial charge in [-0.3, -0.25) is 9.69 Å². The molecule has 14 nitrogen and oxygen atoms in total. The van der Waals surface area contributed by atoms with E-state index in [9.17, 15) is 19.2 Å². The third kappa shape index (κ3) is 24.0. The van der Waals surface area contributed by atoms with Crippen molar-refractivity contribution in [3.63, 3.8) is 0 Å². The zero-order chi connectivity index (χ0) is 41.7. The number of rotatable bonds is 27. The zero-order valence-corrected chi connectivity index (χ0v) is 34.6. The first kappa shape index (κ1) is 47.5. The normalized spacial score (nSPS) is 12.9. The summed E-state index contributed by atoms with van der Waals surface area (Å²) in [7, 11) is 0. The SMILES string of the molecule is CC(C)(C)OC(=O)CCCCCC(CNCCOCCN(CCNC(=O)OCC1=CC=CCC1)CCNC(=O)OCc1ccccc1)NC(=O)OCc1ccccc1. The fourth-order valence-electron chi connectivity index (χ4n) is 5.83. The van der Waals surface area contributed by atoms with Crippen molar-refractivity contribution in [2.75, 3.05) is 65.6 Å². The number of nitrogens with zero attached hydrogens (tertiary/aromatic N) is 1. The van der Waals surface area contributed by atoms with Crippen molar-refractivity contribution in [3.8, 4) is 0 Å². The Balaban J connectivity index is 1.39. The van der Waals surface area contributed by atoms with Crippen molar-refractivity contribution >= 4 is 24.2 Å². The van der Waals surface area contributed by atoms with Crippen LogP contribution in [0.5, 0.6) is 0 Å². The van der Waals surface area contributed by atoms with Crippen LogP contribution >= 0.6 is 0 Å². The Kier molecular flexibility index (Phi) is 23.3. The van der Waals surface area contributed by atoms with Gasteiger partial charge in [-0.25, -0.2) is 14.4 Å². The topological polar surface area (TPSA) is 166 Å². The van der Waals surface area contributed by atoms with Crippen LogP contribution in [0.15, 0.2) is 84.5 Å². The number of hydrogen-bond donors (Lipinski definition) is 4. The summed E-state index contributed by atoms with van der Waals surface area (Å²) in [4.78, 5) is 51.5. The predicted octanol–water partition coefficient (Wildman–Crippen LogP) is 6.41. The van der Waals surface area contributed by atoms with Crippen LogP contribution in [0.25, 0.3) is 0 Å². The maximum Gasteiger partial charge on any atom is 0.407 e. The van der Waals surface area contributed by atoms with Gasteiger partial charge in [0, 0.05) is 58.3 Å². The second-order valence-corrected chi connectivity index (χ2v) is 15.0. The van der Waals surface area contributed by atoms with Crippen LogP contribution in [0.1, 0.15) is 76.8 Å². The average Bonchev–Trinajstić information content (AvgIpc) is 3.21. The minimum absolute atomic E-state index is 0.178. The van der Waals surface area contributed by atoms with Crippen molar-refractivity contribution < 1.29 is 42.9 Å². The number of carbonyl (C=O) groups excluding carboxylic acids is 4. The molecule has 1 atom stereocenters. The molecule has 1 unspecified atom stereocenters. The molecule has 1 aliphatic rings. The Morgan fingerprint density at radius 3 is 1.95 bits per heavy atom. The highest BCUT2D eigenvalue weighted by molar-refractivity contribution is 5.70. The van der Waals surface area contributed by atoms with Gasteiger partial charge in [0.15, 0.2) is 0 Å². The van der Waals surface area contributed by atoms with Crippen LogP contribution < -0.4 is 21.3 Å². The van der Waals surface area contributed by atoms with E-state index in [1.807, 2.05) is 93.6 Å². The van der Waals surface area contributed by atoms with Crippen LogP contribution in [-0.4, -0.2) is 106 Å². The molecule has 0 radical (unpaired) electrons. The van der Waals surface area contributed by atoms with Crippen LogP contribution in [0.2, 0.25) is 0 Å². The molecule has 4 N–H and O–H groups in total. The maximum absolute atomic E-state index is 12.7. The number of esters is 1. The number of amides is 3. The fourth-order valence-corrected chi connectivity index (χ4v) is 5.83. The molecule has 58 heavy (non-hydrogen) atoms. The minimum atomic E-state index is -0.502. The third-order valence-electron chi connectivity index (χ3n) is 8.85. The van der Waals surface area contributed by atoms with Crippen molar-refractivity contribution in [2.45, 2.75) is 90.6 Å². The number of unbranched alkanes of at least 4 members (excludes halogenated alkanes) is 2. The molecule has 0 bridgehead atoms. The Morgan fingerprint density at radius 2 is 1.34 bits per heavy atom. The van der Waals surface area contributed by atoms with Gasteiger partial charge >= 0.3 is 24.2 Å². The lowest BCUT2D eigenvalue weighted by molar-refractivity contribution is -0.154. The van der Waals surface area contributed by atoms with Gasteiger partial charge < -0.3 is 45.0 Å². The largest absolute Gasteiger partial charge is 0.460 e. The first-order valence-electron chi connectivity index (χ1n) is 20.5. The molecule has 0 aromatic heterocycles. The molecule has 14 heteroatoms. The van der Waals surface area contributed by atoms with Gasteiger partial charge in [-0.05, 0) is 63.2 Å². The second-order valence-electron chi connectivity index (χ2n) is 15.0. The first-order chi connectivity index (χ1) is 28.1. The third-order valence-corrected chi connectivity index (χ3v) is 8.85. The Hall–Kier alpha value is -4.92. The summed E-state index contributed by atoms with van der Waals surface area (Å²) in [5, 5.41) is 12.0. The van der Waals surface area contributed by atoms with Gasteiger partial charge in [-0.2, -0.15) is 0 Å². The minimum Gasteiger partial charge on any atom is -0.460 e. The Bertz CT molecular complexity index is 1530. The molecule has 0 spiro atoms. The van der Waals surface area contributed by atoms with Crippen molar-refractivity contribution in [1.82, 2.24) is 26.2 Å². The fraction of sp³-hybridized carbons (Fsp3) is 0.545. The van der Waals surface area contributed by atoms with Gasteiger partial charge in [0.2, 0.25) is 0 Å². The number of hydrogen-bond acceptors (Lipinski definition) is 11. The lowest BCUT2D eigenvalue weighted by Gasteiger charge is -2.23. The van der Waals surface area contributed by atoms with Crippen LogP contribution in [0.3, 0.4) is 0 Å². The lowest BCUT2D eigenvalue weighted by Crippen LogP contribution is -2.43. The van der Waals surface area contributed by atoms with E-state index < -0.39 is 23.9 Å². The summed E-state index contributed by atoms with van der Waals surface area (Å²) in [5.41, 5.74) is 2.39. The summed E-state index contributed by atoms with van der Waals surface area (Å²) >= 11 is 0. The van der Waals surface area contributed by atoms with E-state index in [-0.39, 0.29) is 31.8 Å². The first-order valence-corrected chi connectivity index (χ1v) is 20.5. The van der Waals surface area contributed by atoms with Crippen LogP contribution in [0.4, 0.5) is 14.4 Å². The Morgan fingerprint density at radius 1 is 0.724 bits per heavy atom. The highest BCUT2D eigenvalue weighted by atomic mass is 16.6. The molecule has 2 aromatic carbocycles. The number of ether oxygens (including phenoxy) is 5. The molecule has 3 rings (SSSR count). The highest BCUT2D eigenvalue weighted by Crippen LogP contribution is 2.13. The number of benzene rings is 2. The van der Waals surface area contributed by atoms with Crippen molar-refractivity contribution in [2.24, 2.45) is 0 Å². The smallest absolute Gasteiger partial charge is 0.407 e. The average molecular weight is 808 g/mol. The number of nitrogens with one attached hydrogen (secondary N) is 4. The molecule has 1 aliphatic carbocycles. The van der Waals surface area contributed by atoms with Crippen LogP contribution in [0, 0.1) is 0 Å². The predicted molar refractivity (Wildman–Crippen MR) is 223 cm³/mol. The molecule has 0 heterocycles. The Labute approximate surface area is 344 Å². The molecule has 0 saturated heterocycles. The van der Waals surface area contributed by atoms with Crippen molar-refractivity contribution in [1.29, 1.82) is 0 Å². The molecular weight excluding hydrogens is 743 g/mol. The molecule has 0 aliphatic heterocycles. The molecule has 320 valence electrons. The van der Waals surface area contributed by atoms with Gasteiger partial charge in [0.25, 0.3) is 0 Å². The number of carbonyl (C=O) groups is 4. The van der Waals surface area contributed by atoms with E-state index in [4.69, 9.17) is 23.7 Å². The van der Waals surface area contributed by atoms with E-state index in [0.717, 1.165) is 42.4 Å². The summed E-state index contributed by atoms with van der Waals surface area (Å²) in [6, 6.07) is 18.8. The van der Waals surface area contributed by atoms with E-state index in [0.29, 0.717) is 78.3 Å². The van der Waals surface area contributed by atoms with E-state index in [1.54, 1.807) is 0 Å². The summed E-state index contributed by atoms with van der Waals surface area (Å²) in [6.45, 7) is 10.5. The van der Waals surface area contributed by atoms with Crippen LogP contribution in [-0.2, 0) is 41.7 Å². The molecule has 2 aromatic rings. The second kappa shape index (κ2) is 28.5. The van der Waals surface area contributed by atoms with Gasteiger partial charge in [-0.15, -0.1) is 0 Å². The van der Waals surface area contributed by atoms with Crippen molar-refractivity contribution in [3.05, 3.63) is 95.6 Å². The van der Waals surface area contributed by atoms with Gasteiger partial charge in [-0.1, -0.05) is 91.7 Å². The molecule has 0 saturated carbocycles. The summed E-state index contributed by atoms with van der Waals surface area (Å²) in [6.07, 6.45) is 9.83. The van der Waals surface area contributed by atoms with Gasteiger partial charge in [0.1, 0.15) is 25.4 Å². The standard InChI is InChI=1S/C44H65N5O9/c1-44(2,3)58-40(50)23-15-7-14-22-39(48-43(53)57-35-38-20-12-6-13-21-38)32-45-26-30-54-31-29-49(27-24-46-41(51)55-33-36-16-8-4-9-17-36)28-25-47-42(52)56-34-37-18-10-5-11-19-37/h4-6,8-10,12-13,16-18,20-21,39,45H,7,11,14-15,19,22-35H2,1-3H3,(H,46,51)(H,47,52)(H,48,53). The lowest BCUT2D eigenvalue weighted by atomic mass is 10.1. The number of allylic oxidation sites excluding steroid dienone is 3. The zero-order valence-electron chi connectivity index (χ0n) is 34.6. The highest BCUT2D eigenvalue weighted by Gasteiger charge is 2.17. The monoisotopic (exact) mass is 807 g/mol. The summed E-state index contributed by atoms with van der Waals surface area (Å²) < 4.78 is 27.5. The number of alkyl carbamates (subject to hydrolysis) is 3. The van der Waals surface area contributed by atoms with E-state index >= 15 is 0 Å². The molecule has 0 fully saturated rings. The van der Waals surface area contributed by atoms with E-state index in [2.05, 4.69) is 32.2 Å². The van der Waals surface area contributed by atoms with E-state index in [1.165, 1.54) is 0 Å². The quantitative estimate of drug-likeness (QED) is 0.0448. The van der Waals surface area contributed by atoms with Gasteiger partial charge in [0.05, 0.1) is 13.2 Å². The molecular formula is C44H65N5O9. The molecule has 3 amide bonds. The maximum atomic E-state index is 12.7. The summed E-state index contributed by atoms with van der Waals surface area (Å²) in [5.74, 6) is -0.204.